The number of aromatic nitrogens is 12. The minimum Gasteiger partial charge on any atom is -0.349 e. The number of fused-ring (bicyclic) bond motifs is 3. The number of nitrogens with zero attached hydrogens (tertiary/aromatic N) is 18. The van der Waals surface area contributed by atoms with Gasteiger partial charge in [0.15, 0.2) is 16.9 Å². The second-order valence-electron chi connectivity index (χ2n) is 33.7. The Kier molecular flexibility index (Phi) is 26.4. The van der Waals surface area contributed by atoms with Gasteiger partial charge in [0.1, 0.15) is 57.9 Å². The van der Waals surface area contributed by atoms with E-state index < -0.39 is 46.2 Å². The van der Waals surface area contributed by atoms with E-state index in [0.29, 0.717) is 112 Å². The number of anilines is 3. The van der Waals surface area contributed by atoms with E-state index in [1.807, 2.05) is 157 Å². The molecular weight excluding hydrogens is 1630 g/mol. The number of piperazine rings is 3. The minimum atomic E-state index is -0.739. The Balaban J connectivity index is 0.000000162. The summed E-state index contributed by atoms with van der Waals surface area (Å²) in [5.41, 5.74) is 7.76. The largest absolute Gasteiger partial charge is 0.355 e. The molecule has 12 aromatic rings. The summed E-state index contributed by atoms with van der Waals surface area (Å²) in [6.07, 6.45) is 8.95. The molecule has 0 spiro atoms. The summed E-state index contributed by atoms with van der Waals surface area (Å²) in [6.45, 7) is 47.8. The predicted octanol–water partition coefficient (Wildman–Crippen LogP) is 16.9. The first-order chi connectivity index (χ1) is 59.8. The molecule has 3 aromatic carbocycles. The van der Waals surface area contributed by atoms with Crippen molar-refractivity contribution in [1.29, 1.82) is 0 Å². The van der Waals surface area contributed by atoms with E-state index in [2.05, 4.69) is 54.6 Å². The maximum Gasteiger partial charge on any atom is 0.355 e. The third kappa shape index (κ3) is 17.1. The smallest absolute Gasteiger partial charge is 0.349 e. The van der Waals surface area contributed by atoms with Crippen LogP contribution in [0.25, 0.3) is 83.9 Å². The number of hydrogen-bond donors (Lipinski definition) is 0. The average Bonchev–Trinajstić information content (AvgIpc) is 0.739. The van der Waals surface area contributed by atoms with Crippen molar-refractivity contribution in [2.45, 2.75) is 179 Å². The maximum atomic E-state index is 16.1. The normalized spacial score (nSPS) is 17.3. The van der Waals surface area contributed by atoms with E-state index in [0.717, 1.165) is 51.7 Å². The van der Waals surface area contributed by atoms with Gasteiger partial charge in [0.2, 0.25) is 17.7 Å². The molecule has 24 nitrogen and oxygen atoms in total. The lowest BCUT2D eigenvalue weighted by Gasteiger charge is -2.44. The average molecular weight is 1730 g/mol. The van der Waals surface area contributed by atoms with Gasteiger partial charge in [0.25, 0.3) is 0 Å². The Morgan fingerprint density at radius 1 is 0.389 bits per heavy atom. The fraction of sp³-hybridized carbons (Fsp3) is 0.344. The highest BCUT2D eigenvalue weighted by Crippen LogP contribution is 2.42. The fourth-order valence-electron chi connectivity index (χ4n) is 17.3. The van der Waals surface area contributed by atoms with Crippen LogP contribution in [0.4, 0.5) is 39.4 Å². The second-order valence-corrected chi connectivity index (χ2v) is 34.1. The topological polar surface area (TPSA) is 253 Å². The molecule has 0 N–H and O–H groups in total. The fourth-order valence-corrected chi connectivity index (χ4v) is 17.6. The van der Waals surface area contributed by atoms with Crippen LogP contribution in [-0.4, -0.2) is 166 Å². The van der Waals surface area contributed by atoms with Crippen molar-refractivity contribution in [3.63, 3.8) is 0 Å². The SMILES string of the molecule is C=CC(=O)N1CC(C)N(c2nc(=O)n(-c3c(C)ccnc3C(C)C)c3nc(-c4c(C)cccc4C)c(F)cc23)CC1C.C=CC(=O)N1CC(C)N(c2nc(=O)n(-c3c(C)ccnc3C(C)C)c3nc(-c4c(C)cccc4F)c(F)cc23)CC1C.C=CC(=O)N1CC(C)N(c2nc(=O)n(-c3c(C)ccnc3C(C)C)c3nc(-c4cc(F)ccc4F)c(Cl)cc23)CC1C. The Morgan fingerprint density at radius 2 is 0.714 bits per heavy atom. The van der Waals surface area contributed by atoms with Gasteiger partial charge in [0, 0.05) is 111 Å². The van der Waals surface area contributed by atoms with Crippen LogP contribution in [0.3, 0.4) is 0 Å². The Hall–Kier alpha value is -13.1. The van der Waals surface area contributed by atoms with Crippen LogP contribution in [0.1, 0.15) is 151 Å². The van der Waals surface area contributed by atoms with E-state index in [4.69, 9.17) is 21.6 Å². The predicted molar refractivity (Wildman–Crippen MR) is 485 cm³/mol. The van der Waals surface area contributed by atoms with E-state index in [1.54, 1.807) is 70.5 Å². The number of carbonyl (C=O) groups excluding carboxylic acids is 3. The van der Waals surface area contributed by atoms with Gasteiger partial charge in [-0.1, -0.05) is 103 Å². The minimum absolute atomic E-state index is 0.0106. The molecule has 3 aliphatic heterocycles. The zero-order valence-electron chi connectivity index (χ0n) is 74.0. The van der Waals surface area contributed by atoms with Crippen LogP contribution >= 0.6 is 11.6 Å². The molecule has 9 aromatic heterocycles. The van der Waals surface area contributed by atoms with Crippen molar-refractivity contribution < 1.29 is 36.3 Å². The summed E-state index contributed by atoms with van der Waals surface area (Å²) in [5.74, 6) is -2.88. The molecule has 3 fully saturated rings. The molecule has 15 rings (SSSR count). The van der Waals surface area contributed by atoms with Crippen molar-refractivity contribution in [3.8, 4) is 50.8 Å². The highest BCUT2D eigenvalue weighted by Gasteiger charge is 2.39. The Bertz CT molecular complexity index is 6290. The molecule has 0 radical (unpaired) electrons. The van der Waals surface area contributed by atoms with Crippen molar-refractivity contribution in [2.24, 2.45) is 0 Å². The number of aryl methyl sites for hydroxylation is 6. The standard InChI is InChI=1S/C33H37FN6O2.C32H34F2N6O2.C31H31ClF2N6O2/c1-9-26(41)38-16-23(8)39(17-22(38)7)31-24-15-25(34)29(27-19(4)11-10-12-20(27)5)36-32(24)40(33(42)37-31)30-21(6)13-14-35-28(30)18(2)3;1-8-25(41)38-15-21(7)39(16-20(38)6)30-22-14-24(34)28(26-18(4)10-9-11-23(26)33)36-31(22)40(32(42)37-30)29-19(5)12-13-35-27(29)17(2)3;1-7-25(41)38-14-19(6)39(15-18(38)5)29-22-13-23(32)27(21-12-20(33)8-9-24(21)34)36-30(22)40(31(42)37-29)28-17(4)10-11-35-26(28)16(2)3/h9-15,18,22-23H,1,16-17H2,2-8H3;8-14,17,20-21H,1,15-16H2,2-7H3;7-13,16,18-19H,1,14-15H2,2-6H3. The molecule has 0 bridgehead atoms. The first-order valence-corrected chi connectivity index (χ1v) is 42.3. The molecule has 3 amide bonds. The molecule has 6 atom stereocenters. The zero-order valence-corrected chi connectivity index (χ0v) is 74.7. The van der Waals surface area contributed by atoms with Crippen molar-refractivity contribution in [3.05, 3.63) is 264 Å². The van der Waals surface area contributed by atoms with E-state index in [-0.39, 0.29) is 122 Å². The molecule has 0 aliphatic carbocycles. The number of halogens is 6. The van der Waals surface area contributed by atoms with E-state index in [9.17, 15) is 37.5 Å². The lowest BCUT2D eigenvalue weighted by Crippen LogP contribution is -2.58. The van der Waals surface area contributed by atoms with Gasteiger partial charge in [-0.2, -0.15) is 15.0 Å². The lowest BCUT2D eigenvalue weighted by molar-refractivity contribution is -0.129. The summed E-state index contributed by atoms with van der Waals surface area (Å²) >= 11 is 6.71. The Labute approximate surface area is 732 Å². The molecule has 126 heavy (non-hydrogen) atoms. The van der Waals surface area contributed by atoms with Gasteiger partial charge in [-0.05, 0) is 213 Å². The van der Waals surface area contributed by atoms with Gasteiger partial charge < -0.3 is 29.4 Å². The van der Waals surface area contributed by atoms with Crippen LogP contribution in [0.2, 0.25) is 5.02 Å². The first kappa shape index (κ1) is 90.7. The zero-order chi connectivity index (χ0) is 91.4. The number of rotatable bonds is 15. The summed E-state index contributed by atoms with van der Waals surface area (Å²) < 4.78 is 80.7. The van der Waals surface area contributed by atoms with Crippen LogP contribution in [0.5, 0.6) is 0 Å². The Morgan fingerprint density at radius 3 is 1.06 bits per heavy atom. The first-order valence-electron chi connectivity index (χ1n) is 41.9. The molecule has 3 saturated heterocycles. The summed E-state index contributed by atoms with van der Waals surface area (Å²) in [7, 11) is 0. The number of amides is 3. The van der Waals surface area contributed by atoms with E-state index >= 15 is 13.2 Å². The van der Waals surface area contributed by atoms with Crippen molar-refractivity contribution in [1.82, 2.24) is 73.3 Å². The molecule has 12 heterocycles. The summed E-state index contributed by atoms with van der Waals surface area (Å²) in [5, 5.41) is 1.22. The van der Waals surface area contributed by atoms with Gasteiger partial charge >= 0.3 is 17.1 Å². The summed E-state index contributed by atoms with van der Waals surface area (Å²) in [6, 6.07) is 21.8. The lowest BCUT2D eigenvalue weighted by atomic mass is 9.98. The summed E-state index contributed by atoms with van der Waals surface area (Å²) in [4.78, 5) is 132. The number of carbonyl (C=O) groups is 3. The third-order valence-corrected chi connectivity index (χ3v) is 24.0. The molecule has 0 saturated carbocycles. The van der Waals surface area contributed by atoms with Crippen LogP contribution in [-0.2, 0) is 14.4 Å². The third-order valence-electron chi connectivity index (χ3n) is 23.7. The number of pyridine rings is 6. The molecule has 3 aliphatic rings. The van der Waals surface area contributed by atoms with Crippen LogP contribution in [0, 0.1) is 70.6 Å². The van der Waals surface area contributed by atoms with Crippen LogP contribution < -0.4 is 31.8 Å². The van der Waals surface area contributed by atoms with E-state index in [1.165, 1.54) is 50.1 Å². The second kappa shape index (κ2) is 36.6. The number of benzene rings is 3. The quantitative estimate of drug-likeness (QED) is 0.0683. The van der Waals surface area contributed by atoms with Gasteiger partial charge in [-0.15, -0.1) is 0 Å². The molecule has 6 unspecified atom stereocenters. The van der Waals surface area contributed by atoms with Crippen molar-refractivity contribution >= 4 is 79.9 Å². The van der Waals surface area contributed by atoms with Gasteiger partial charge in [-0.3, -0.25) is 29.3 Å². The van der Waals surface area contributed by atoms with Gasteiger partial charge in [-0.25, -0.2) is 65.0 Å². The highest BCUT2D eigenvalue weighted by molar-refractivity contribution is 6.34. The maximum absolute atomic E-state index is 16.1. The molecule has 654 valence electrons. The molecule has 30 heteroatoms. The van der Waals surface area contributed by atoms with Gasteiger partial charge in [0.05, 0.1) is 61.0 Å². The molecular formula is C96H102ClF5N18O6. The van der Waals surface area contributed by atoms with Crippen LogP contribution in [0.15, 0.2) is 162 Å². The number of hydrogen-bond acceptors (Lipinski definition) is 18. The van der Waals surface area contributed by atoms with Crippen molar-refractivity contribution in [2.75, 3.05) is 54.0 Å². The highest BCUT2D eigenvalue weighted by atomic mass is 35.5. The monoisotopic (exact) mass is 1730 g/mol.